The number of nitrogens with one attached hydrogen (secondary N) is 2. The van der Waals surface area contributed by atoms with Crippen LogP contribution in [0.1, 0.15) is 44.2 Å². The van der Waals surface area contributed by atoms with Crippen molar-refractivity contribution in [3.63, 3.8) is 0 Å². The largest absolute Gasteiger partial charge is 0.494 e. The number of para-hydroxylation sites is 1. The van der Waals surface area contributed by atoms with Gasteiger partial charge in [-0.05, 0) is 73.7 Å². The molecule has 7 heteroatoms. The van der Waals surface area contributed by atoms with Crippen molar-refractivity contribution >= 4 is 17.7 Å². The van der Waals surface area contributed by atoms with Crippen LogP contribution in [0.2, 0.25) is 0 Å². The molecule has 0 unspecified atom stereocenters. The number of carboxylic acid groups (broad SMARTS) is 1. The van der Waals surface area contributed by atoms with Gasteiger partial charge >= 0.3 is 12.0 Å². The summed E-state index contributed by atoms with van der Waals surface area (Å²) in [6.07, 6.45) is 4.23. The average Bonchev–Trinajstić information content (AvgIpc) is 2.89. The van der Waals surface area contributed by atoms with E-state index < -0.39 is 11.6 Å². The Bertz CT molecular complexity index is 1120. The number of hydrogen-bond acceptors (Lipinski definition) is 4. The summed E-state index contributed by atoms with van der Waals surface area (Å²) in [5, 5.41) is 15.4. The Balaban J connectivity index is 1.37. The predicted octanol–water partition coefficient (Wildman–Crippen LogP) is 6.08. The molecule has 3 aromatic rings. The van der Waals surface area contributed by atoms with Crippen molar-refractivity contribution in [1.82, 2.24) is 5.32 Å². The topological polar surface area (TPSA) is 96.9 Å². The lowest BCUT2D eigenvalue weighted by molar-refractivity contribution is -0.153. The number of rotatable bonds is 14. The number of aliphatic carboxylic acids is 1. The van der Waals surface area contributed by atoms with Crippen LogP contribution in [0.3, 0.4) is 0 Å². The van der Waals surface area contributed by atoms with E-state index in [2.05, 4.69) is 17.6 Å². The fourth-order valence-corrected chi connectivity index (χ4v) is 3.77. The first-order valence-corrected chi connectivity index (χ1v) is 12.7. The molecule has 0 aromatic heterocycles. The summed E-state index contributed by atoms with van der Waals surface area (Å²) in [5.41, 5.74) is 1.47. The van der Waals surface area contributed by atoms with Gasteiger partial charge in [0.2, 0.25) is 5.60 Å². The molecule has 0 aliphatic carbocycles. The van der Waals surface area contributed by atoms with Crippen LogP contribution < -0.4 is 20.1 Å². The fraction of sp³-hybridized carbons (Fsp3) is 0.333. The van der Waals surface area contributed by atoms with Crippen LogP contribution in [0, 0.1) is 0 Å². The standard InChI is InChI=1S/C30H36N2O5/c1-3-4-9-23-12-16-25(17-13-23)32-29(35)31-20-8-21-36-26-18-14-24(15-19-26)22-30(2,28(33)34)37-27-10-6-5-7-11-27/h5-7,10-19H,3-4,8-9,20-22H2,1-2H3,(H,33,34)(H2,31,32,35)/t30-/m0/s1. The summed E-state index contributed by atoms with van der Waals surface area (Å²) < 4.78 is 11.6. The third-order valence-electron chi connectivity index (χ3n) is 5.91. The van der Waals surface area contributed by atoms with E-state index in [9.17, 15) is 14.7 Å². The molecular formula is C30H36N2O5. The molecule has 0 fully saturated rings. The molecule has 0 bridgehead atoms. The lowest BCUT2D eigenvalue weighted by Gasteiger charge is -2.26. The van der Waals surface area contributed by atoms with Crippen molar-refractivity contribution in [1.29, 1.82) is 0 Å². The van der Waals surface area contributed by atoms with Gasteiger partial charge in [-0.15, -0.1) is 0 Å². The number of benzene rings is 3. The zero-order valence-corrected chi connectivity index (χ0v) is 21.5. The summed E-state index contributed by atoms with van der Waals surface area (Å²) in [6.45, 7) is 4.66. The minimum atomic E-state index is -1.40. The van der Waals surface area contributed by atoms with Crippen LogP contribution in [-0.4, -0.2) is 35.9 Å². The van der Waals surface area contributed by atoms with Crippen LogP contribution in [0.5, 0.6) is 11.5 Å². The van der Waals surface area contributed by atoms with Gasteiger partial charge in [-0.2, -0.15) is 0 Å². The van der Waals surface area contributed by atoms with E-state index in [-0.39, 0.29) is 12.5 Å². The Morgan fingerprint density at radius 2 is 1.54 bits per heavy atom. The molecule has 2 amide bonds. The van der Waals surface area contributed by atoms with Gasteiger partial charge in [0, 0.05) is 18.7 Å². The summed E-state index contributed by atoms with van der Waals surface area (Å²) >= 11 is 0. The molecule has 37 heavy (non-hydrogen) atoms. The van der Waals surface area contributed by atoms with Crippen molar-refractivity contribution in [3.05, 3.63) is 90.0 Å². The van der Waals surface area contributed by atoms with Gasteiger partial charge in [-0.25, -0.2) is 9.59 Å². The number of hydrogen-bond donors (Lipinski definition) is 3. The second-order valence-corrected chi connectivity index (χ2v) is 9.16. The first-order chi connectivity index (χ1) is 17.9. The Kier molecular flexibility index (Phi) is 10.4. The Morgan fingerprint density at radius 3 is 2.19 bits per heavy atom. The number of amides is 2. The molecule has 0 aliphatic heterocycles. The average molecular weight is 505 g/mol. The zero-order valence-electron chi connectivity index (χ0n) is 21.5. The molecule has 0 saturated carbocycles. The first kappa shape index (κ1) is 27.6. The Hall–Kier alpha value is -4.00. The number of ether oxygens (including phenoxy) is 2. The van der Waals surface area contributed by atoms with Gasteiger partial charge in [0.05, 0.1) is 6.61 Å². The number of anilines is 1. The summed E-state index contributed by atoms with van der Waals surface area (Å²) in [6, 6.07) is 23.9. The number of aryl methyl sites for hydroxylation is 1. The van der Waals surface area contributed by atoms with Gasteiger partial charge in [-0.1, -0.05) is 55.8 Å². The molecule has 1 atom stereocenters. The zero-order chi connectivity index (χ0) is 26.5. The quantitative estimate of drug-likeness (QED) is 0.231. The first-order valence-electron chi connectivity index (χ1n) is 12.7. The van der Waals surface area contributed by atoms with Crippen LogP contribution in [0.15, 0.2) is 78.9 Å². The molecule has 0 radical (unpaired) electrons. The van der Waals surface area contributed by atoms with Crippen LogP contribution in [-0.2, 0) is 17.6 Å². The van der Waals surface area contributed by atoms with E-state index in [0.29, 0.717) is 31.1 Å². The van der Waals surface area contributed by atoms with Crippen LogP contribution >= 0.6 is 0 Å². The van der Waals surface area contributed by atoms with E-state index in [1.807, 2.05) is 54.6 Å². The van der Waals surface area contributed by atoms with Gasteiger partial charge in [-0.3, -0.25) is 0 Å². The lowest BCUT2D eigenvalue weighted by atomic mass is 9.96. The molecule has 0 spiro atoms. The molecule has 3 aromatic carbocycles. The molecule has 0 aliphatic rings. The summed E-state index contributed by atoms with van der Waals surface area (Å²) in [4.78, 5) is 24.0. The van der Waals surface area contributed by atoms with Gasteiger partial charge in [0.15, 0.2) is 0 Å². The third-order valence-corrected chi connectivity index (χ3v) is 5.91. The Labute approximate surface area is 218 Å². The van der Waals surface area contributed by atoms with Gasteiger partial charge in [0.25, 0.3) is 0 Å². The maximum Gasteiger partial charge on any atom is 0.348 e. The SMILES string of the molecule is CCCCc1ccc(NC(=O)NCCCOc2ccc(C[C@](C)(Oc3ccccc3)C(=O)O)cc2)cc1. The van der Waals surface area contributed by atoms with Crippen LogP contribution in [0.4, 0.5) is 10.5 Å². The molecule has 7 nitrogen and oxygen atoms in total. The van der Waals surface area contributed by atoms with Crippen LogP contribution in [0.25, 0.3) is 0 Å². The van der Waals surface area contributed by atoms with Gasteiger partial charge in [0.1, 0.15) is 11.5 Å². The molecule has 3 N–H and O–H groups in total. The number of carbonyl (C=O) groups excluding carboxylic acids is 1. The predicted molar refractivity (Wildman–Crippen MR) is 145 cm³/mol. The normalized spacial score (nSPS) is 12.3. The lowest BCUT2D eigenvalue weighted by Crippen LogP contribution is -2.43. The minimum absolute atomic E-state index is 0.206. The van der Waals surface area contributed by atoms with E-state index in [1.165, 1.54) is 5.56 Å². The number of carboxylic acids is 1. The van der Waals surface area contributed by atoms with Crippen molar-refractivity contribution < 1.29 is 24.2 Å². The molecular weight excluding hydrogens is 468 g/mol. The van der Waals surface area contributed by atoms with Crippen molar-refractivity contribution in [3.8, 4) is 11.5 Å². The molecule has 0 heterocycles. The minimum Gasteiger partial charge on any atom is -0.494 e. The highest BCUT2D eigenvalue weighted by Gasteiger charge is 2.36. The smallest absolute Gasteiger partial charge is 0.348 e. The molecule has 0 saturated heterocycles. The third kappa shape index (κ3) is 9.18. The van der Waals surface area contributed by atoms with Crippen molar-refractivity contribution in [2.45, 2.75) is 51.6 Å². The monoisotopic (exact) mass is 504 g/mol. The van der Waals surface area contributed by atoms with Crippen molar-refractivity contribution in [2.75, 3.05) is 18.5 Å². The van der Waals surface area contributed by atoms with E-state index in [4.69, 9.17) is 9.47 Å². The molecule has 3 rings (SSSR count). The van der Waals surface area contributed by atoms with E-state index >= 15 is 0 Å². The van der Waals surface area contributed by atoms with E-state index in [1.54, 1.807) is 31.2 Å². The molecule has 196 valence electrons. The fourth-order valence-electron chi connectivity index (χ4n) is 3.77. The van der Waals surface area contributed by atoms with Crippen molar-refractivity contribution in [2.24, 2.45) is 0 Å². The summed E-state index contributed by atoms with van der Waals surface area (Å²) in [5.74, 6) is 0.157. The second-order valence-electron chi connectivity index (χ2n) is 9.16. The van der Waals surface area contributed by atoms with E-state index in [0.717, 1.165) is 30.5 Å². The number of urea groups is 1. The number of unbranched alkanes of at least 4 members (excludes halogenated alkanes) is 1. The summed E-state index contributed by atoms with van der Waals surface area (Å²) in [7, 11) is 0. The second kappa shape index (κ2) is 13.9. The Morgan fingerprint density at radius 1 is 0.865 bits per heavy atom. The highest BCUT2D eigenvalue weighted by atomic mass is 16.5. The van der Waals surface area contributed by atoms with Gasteiger partial charge < -0.3 is 25.2 Å². The maximum atomic E-state index is 12.1. The highest BCUT2D eigenvalue weighted by molar-refractivity contribution is 5.89. The number of carbonyl (C=O) groups is 2. The maximum absolute atomic E-state index is 12.1. The highest BCUT2D eigenvalue weighted by Crippen LogP contribution is 2.24.